The molecule has 0 aromatic carbocycles. The number of ether oxygens (including phenoxy) is 6. The number of rotatable bonds is 35. The van der Waals surface area contributed by atoms with Crippen LogP contribution in [0.2, 0.25) is 0 Å². The lowest BCUT2D eigenvalue weighted by Crippen LogP contribution is -2.66. The Morgan fingerprint density at radius 3 is 1.40 bits per heavy atom. The van der Waals surface area contributed by atoms with Crippen LogP contribution in [-0.4, -0.2) is 193 Å². The van der Waals surface area contributed by atoms with Gasteiger partial charge in [0.15, 0.2) is 18.9 Å². The van der Waals surface area contributed by atoms with Crippen molar-refractivity contribution in [2.45, 2.75) is 259 Å². The van der Waals surface area contributed by atoms with Crippen molar-refractivity contribution >= 4 is 5.91 Å². The molecule has 394 valence electrons. The average molecular weight is 968 g/mol. The Morgan fingerprint density at radius 2 is 0.925 bits per heavy atom. The maximum Gasteiger partial charge on any atom is 0.220 e. The molecule has 0 bridgehead atoms. The fourth-order valence-electron chi connectivity index (χ4n) is 8.78. The highest BCUT2D eigenvalue weighted by atomic mass is 16.8. The van der Waals surface area contributed by atoms with Gasteiger partial charge in [0.25, 0.3) is 0 Å². The van der Waals surface area contributed by atoms with Gasteiger partial charge in [0, 0.05) is 6.42 Å². The van der Waals surface area contributed by atoms with Crippen molar-refractivity contribution in [2.24, 2.45) is 0 Å². The van der Waals surface area contributed by atoms with Crippen LogP contribution in [0.1, 0.15) is 155 Å². The Kier molecular flexibility index (Phi) is 30.4. The summed E-state index contributed by atoms with van der Waals surface area (Å²) in [7, 11) is 0. The maximum atomic E-state index is 12.9. The third-order valence-corrected chi connectivity index (χ3v) is 13.1. The summed E-state index contributed by atoms with van der Waals surface area (Å²) >= 11 is 0. The second-order valence-electron chi connectivity index (χ2n) is 18.6. The van der Waals surface area contributed by atoms with Gasteiger partial charge in [-0.25, -0.2) is 0 Å². The molecule has 3 aliphatic rings. The Balaban J connectivity index is 1.50. The Morgan fingerprint density at radius 1 is 0.522 bits per heavy atom. The van der Waals surface area contributed by atoms with Crippen molar-refractivity contribution in [3.63, 3.8) is 0 Å². The van der Waals surface area contributed by atoms with Gasteiger partial charge in [-0.05, 0) is 19.3 Å². The fourth-order valence-corrected chi connectivity index (χ4v) is 8.78. The highest BCUT2D eigenvalue weighted by molar-refractivity contribution is 5.76. The molecule has 0 spiro atoms. The minimum atomic E-state index is -1.97. The van der Waals surface area contributed by atoms with E-state index in [0.717, 1.165) is 44.9 Å². The van der Waals surface area contributed by atoms with E-state index in [1.54, 1.807) is 6.08 Å². The normalized spacial score (nSPS) is 33.5. The van der Waals surface area contributed by atoms with E-state index in [-0.39, 0.29) is 18.9 Å². The standard InChI is InChI=1S/C48H89NO18/c1-3-5-7-9-10-11-12-13-14-15-16-17-18-19-20-21-22-23-25-32(53)31(49-36(54)26-24-8-6-4-2)30-62-46-42(60)39(57)44(34(28-51)64-46)67-48-43(61)40(58)45(35(29-52)65-48)66-47-41(59)38(56)37(55)33(27-50)63-47/h23,25,31-35,37-48,50-53,55-61H,3-22,24,26-30H2,1-2H3,(H,49,54)/b25-23+. The molecule has 1 amide bonds. The van der Waals surface area contributed by atoms with Gasteiger partial charge < -0.3 is 89.9 Å². The van der Waals surface area contributed by atoms with E-state index in [9.17, 15) is 61.0 Å². The van der Waals surface area contributed by atoms with Gasteiger partial charge in [-0.2, -0.15) is 0 Å². The second-order valence-corrected chi connectivity index (χ2v) is 18.6. The molecule has 0 aromatic rings. The Labute approximate surface area is 397 Å². The van der Waals surface area contributed by atoms with Crippen molar-refractivity contribution in [3.05, 3.63) is 12.2 Å². The minimum Gasteiger partial charge on any atom is -0.394 e. The average Bonchev–Trinajstić information content (AvgIpc) is 3.32. The molecule has 3 rings (SSSR count). The topological polar surface area (TPSA) is 307 Å². The molecule has 3 saturated heterocycles. The number of aliphatic hydroxyl groups is 11. The van der Waals surface area contributed by atoms with E-state index in [4.69, 9.17) is 28.4 Å². The molecule has 19 heteroatoms. The number of carbonyl (C=O) groups excluding carboxylic acids is 1. The summed E-state index contributed by atoms with van der Waals surface area (Å²) in [6.45, 7) is 1.55. The number of amides is 1. The van der Waals surface area contributed by atoms with E-state index < -0.39 is 124 Å². The summed E-state index contributed by atoms with van der Waals surface area (Å²) in [5.74, 6) is -0.294. The number of hydrogen-bond acceptors (Lipinski definition) is 18. The predicted molar refractivity (Wildman–Crippen MR) is 245 cm³/mol. The van der Waals surface area contributed by atoms with Gasteiger partial charge in [0.05, 0.1) is 38.6 Å². The summed E-state index contributed by atoms with van der Waals surface area (Å²) in [6, 6.07) is -0.962. The van der Waals surface area contributed by atoms with Gasteiger partial charge in [-0.1, -0.05) is 142 Å². The zero-order valence-electron chi connectivity index (χ0n) is 40.1. The summed E-state index contributed by atoms with van der Waals surface area (Å²) < 4.78 is 34.0. The second kappa shape index (κ2) is 34.0. The molecule has 3 fully saturated rings. The first-order chi connectivity index (χ1) is 32.3. The van der Waals surface area contributed by atoms with E-state index in [0.29, 0.717) is 6.42 Å². The molecule has 12 N–H and O–H groups in total. The third kappa shape index (κ3) is 20.3. The Hall–Kier alpha value is -1.47. The smallest absolute Gasteiger partial charge is 0.220 e. The number of allylic oxidation sites excluding steroid dienone is 1. The van der Waals surface area contributed by atoms with Crippen LogP contribution in [-0.2, 0) is 33.2 Å². The van der Waals surface area contributed by atoms with E-state index in [2.05, 4.69) is 19.2 Å². The Bertz CT molecular complexity index is 1300. The van der Waals surface area contributed by atoms with Crippen molar-refractivity contribution in [1.29, 1.82) is 0 Å². The van der Waals surface area contributed by atoms with Crippen LogP contribution < -0.4 is 5.32 Å². The van der Waals surface area contributed by atoms with Crippen LogP contribution in [0.15, 0.2) is 12.2 Å². The van der Waals surface area contributed by atoms with Gasteiger partial charge in [0.1, 0.15) is 73.2 Å². The van der Waals surface area contributed by atoms with Crippen molar-refractivity contribution in [1.82, 2.24) is 5.32 Å². The van der Waals surface area contributed by atoms with Gasteiger partial charge >= 0.3 is 0 Å². The van der Waals surface area contributed by atoms with Gasteiger partial charge in [0.2, 0.25) is 5.91 Å². The maximum absolute atomic E-state index is 12.9. The molecular formula is C48H89NO18. The summed E-state index contributed by atoms with van der Waals surface area (Å²) in [5.41, 5.74) is 0. The first-order valence-electron chi connectivity index (χ1n) is 25.4. The minimum absolute atomic E-state index is 0.237. The molecule has 0 radical (unpaired) electrons. The van der Waals surface area contributed by atoms with Crippen LogP contribution >= 0.6 is 0 Å². The van der Waals surface area contributed by atoms with Crippen LogP contribution in [0, 0.1) is 0 Å². The highest BCUT2D eigenvalue weighted by Gasteiger charge is 2.53. The molecule has 19 nitrogen and oxygen atoms in total. The molecule has 17 atom stereocenters. The number of hydrogen-bond donors (Lipinski definition) is 12. The molecule has 3 aliphatic heterocycles. The molecule has 0 aliphatic carbocycles. The van der Waals surface area contributed by atoms with Crippen molar-refractivity contribution in [3.8, 4) is 0 Å². The molecule has 0 aromatic heterocycles. The number of carbonyl (C=O) groups is 1. The van der Waals surface area contributed by atoms with Gasteiger partial charge in [-0.15, -0.1) is 0 Å². The van der Waals surface area contributed by atoms with E-state index in [1.165, 1.54) is 83.5 Å². The number of nitrogens with one attached hydrogen (secondary N) is 1. The zero-order valence-corrected chi connectivity index (χ0v) is 40.1. The monoisotopic (exact) mass is 968 g/mol. The fraction of sp³-hybridized carbons (Fsp3) is 0.938. The molecule has 3 heterocycles. The SMILES string of the molecule is CCCCCCCCCCCCCCCCCC/C=C/C(O)C(COC1OC(CO)C(OC2OC(CO)C(OC3OC(CO)C(O)C(O)C3O)C(O)C2O)C(O)C1O)NC(=O)CCCCCC. The van der Waals surface area contributed by atoms with Crippen LogP contribution in [0.5, 0.6) is 0 Å². The van der Waals surface area contributed by atoms with Crippen molar-refractivity contribution < 1.29 is 89.4 Å². The lowest BCUT2D eigenvalue weighted by molar-refractivity contribution is -0.379. The van der Waals surface area contributed by atoms with Gasteiger partial charge in [-0.3, -0.25) is 4.79 Å². The molecule has 17 unspecified atom stereocenters. The largest absolute Gasteiger partial charge is 0.394 e. The van der Waals surface area contributed by atoms with Crippen molar-refractivity contribution in [2.75, 3.05) is 26.4 Å². The predicted octanol–water partition coefficient (Wildman–Crippen LogP) is 1.48. The van der Waals surface area contributed by atoms with Crippen LogP contribution in [0.4, 0.5) is 0 Å². The summed E-state index contributed by atoms with van der Waals surface area (Å²) in [6.07, 6.45) is 1.59. The first-order valence-corrected chi connectivity index (χ1v) is 25.4. The summed E-state index contributed by atoms with van der Waals surface area (Å²) in [5, 5.41) is 119. The quantitative estimate of drug-likeness (QED) is 0.0316. The summed E-state index contributed by atoms with van der Waals surface area (Å²) in [4.78, 5) is 12.9. The first kappa shape index (κ1) is 59.8. The van der Waals surface area contributed by atoms with E-state index >= 15 is 0 Å². The third-order valence-electron chi connectivity index (χ3n) is 13.1. The highest BCUT2D eigenvalue weighted by Crippen LogP contribution is 2.33. The molecule has 67 heavy (non-hydrogen) atoms. The van der Waals surface area contributed by atoms with Crippen LogP contribution in [0.25, 0.3) is 0 Å². The number of aliphatic hydroxyl groups excluding tert-OH is 11. The number of unbranched alkanes of at least 4 members (excludes halogenated alkanes) is 19. The lowest BCUT2D eigenvalue weighted by Gasteiger charge is -2.48. The van der Waals surface area contributed by atoms with Crippen LogP contribution in [0.3, 0.4) is 0 Å². The molecular weight excluding hydrogens is 879 g/mol. The van der Waals surface area contributed by atoms with E-state index in [1.807, 2.05) is 6.08 Å². The lowest BCUT2D eigenvalue weighted by atomic mass is 9.96. The molecule has 0 saturated carbocycles. The zero-order chi connectivity index (χ0) is 49.1.